The van der Waals surface area contributed by atoms with E-state index in [0.29, 0.717) is 5.41 Å². The second-order valence-corrected chi connectivity index (χ2v) is 6.28. The number of nitrogens with one attached hydrogen (secondary N) is 1. The summed E-state index contributed by atoms with van der Waals surface area (Å²) in [6.07, 6.45) is 11.1. The Balaban J connectivity index is 1.86. The first kappa shape index (κ1) is 10.4. The maximum atomic E-state index is 10.7. The molecule has 16 heavy (non-hydrogen) atoms. The lowest BCUT2D eigenvalue weighted by atomic mass is 9.47. The maximum absolute atomic E-state index is 10.7. The SMILES string of the molecule is C=CC(NC=O)C12CC3CC(CC(C3)C1)C2. The van der Waals surface area contributed by atoms with E-state index in [-0.39, 0.29) is 6.04 Å². The monoisotopic (exact) mass is 219 g/mol. The summed E-state index contributed by atoms with van der Waals surface area (Å²) in [6.45, 7) is 3.92. The Hall–Kier alpha value is -0.790. The number of rotatable bonds is 4. The molecule has 4 saturated carbocycles. The van der Waals surface area contributed by atoms with Crippen LogP contribution in [0.3, 0.4) is 0 Å². The van der Waals surface area contributed by atoms with Crippen LogP contribution < -0.4 is 5.32 Å². The van der Waals surface area contributed by atoms with E-state index in [4.69, 9.17) is 0 Å². The van der Waals surface area contributed by atoms with Crippen LogP contribution in [0.4, 0.5) is 0 Å². The standard InChI is InChI=1S/C14H21NO/c1-2-13(15-9-16)14-6-10-3-11(7-14)5-12(4-10)8-14/h2,9-13H,1,3-8H2,(H,15,16). The molecule has 4 fully saturated rings. The van der Waals surface area contributed by atoms with Gasteiger partial charge in [-0.2, -0.15) is 0 Å². The van der Waals surface area contributed by atoms with E-state index < -0.39 is 0 Å². The van der Waals surface area contributed by atoms with E-state index in [2.05, 4.69) is 11.9 Å². The van der Waals surface area contributed by atoms with Crippen LogP contribution >= 0.6 is 0 Å². The van der Waals surface area contributed by atoms with Crippen molar-refractivity contribution in [2.45, 2.75) is 44.6 Å². The molecule has 4 aliphatic rings. The third kappa shape index (κ3) is 1.42. The van der Waals surface area contributed by atoms with Crippen LogP contribution in [0, 0.1) is 23.2 Å². The lowest BCUT2D eigenvalue weighted by Gasteiger charge is -2.58. The minimum absolute atomic E-state index is 0.207. The summed E-state index contributed by atoms with van der Waals surface area (Å²) in [5.74, 6) is 2.80. The van der Waals surface area contributed by atoms with Gasteiger partial charge in [-0.05, 0) is 61.7 Å². The van der Waals surface area contributed by atoms with Gasteiger partial charge in [-0.15, -0.1) is 6.58 Å². The quantitative estimate of drug-likeness (QED) is 0.571. The van der Waals surface area contributed by atoms with E-state index in [1.54, 1.807) is 0 Å². The van der Waals surface area contributed by atoms with Gasteiger partial charge in [0.2, 0.25) is 6.41 Å². The Bertz CT molecular complexity index is 275. The predicted molar refractivity (Wildman–Crippen MR) is 63.8 cm³/mol. The molecule has 88 valence electrons. The first-order valence-electron chi connectivity index (χ1n) is 6.58. The predicted octanol–water partition coefficient (Wildman–Crippen LogP) is 2.50. The van der Waals surface area contributed by atoms with Crippen molar-refractivity contribution >= 4 is 6.41 Å². The highest BCUT2D eigenvalue weighted by Gasteiger charge is 2.53. The van der Waals surface area contributed by atoms with Crippen LogP contribution in [0.15, 0.2) is 12.7 Å². The van der Waals surface area contributed by atoms with Crippen molar-refractivity contribution in [3.63, 3.8) is 0 Å². The minimum Gasteiger partial charge on any atom is -0.352 e. The van der Waals surface area contributed by atoms with E-state index in [1.165, 1.54) is 38.5 Å². The van der Waals surface area contributed by atoms with Crippen molar-refractivity contribution in [2.24, 2.45) is 23.2 Å². The molecule has 0 spiro atoms. The van der Waals surface area contributed by atoms with Crippen LogP contribution in [-0.2, 0) is 4.79 Å². The number of amides is 1. The Kier molecular flexibility index (Phi) is 2.34. The zero-order valence-corrected chi connectivity index (χ0v) is 9.82. The highest BCUT2D eigenvalue weighted by atomic mass is 16.1. The second kappa shape index (κ2) is 3.61. The molecule has 0 aliphatic heterocycles. The van der Waals surface area contributed by atoms with Gasteiger partial charge in [-0.25, -0.2) is 0 Å². The summed E-state index contributed by atoms with van der Waals surface area (Å²) >= 11 is 0. The van der Waals surface area contributed by atoms with Gasteiger partial charge in [0.1, 0.15) is 0 Å². The number of carbonyl (C=O) groups excluding carboxylic acids is 1. The minimum atomic E-state index is 0.207. The summed E-state index contributed by atoms with van der Waals surface area (Å²) < 4.78 is 0. The van der Waals surface area contributed by atoms with Gasteiger partial charge in [0.05, 0.1) is 6.04 Å². The molecule has 2 heteroatoms. The highest BCUT2D eigenvalue weighted by molar-refractivity contribution is 5.48. The molecule has 0 aromatic carbocycles. The van der Waals surface area contributed by atoms with Gasteiger partial charge in [-0.1, -0.05) is 6.08 Å². The fourth-order valence-corrected chi connectivity index (χ4v) is 5.13. The van der Waals surface area contributed by atoms with E-state index >= 15 is 0 Å². The Morgan fingerprint density at radius 1 is 1.12 bits per heavy atom. The van der Waals surface area contributed by atoms with Gasteiger partial charge in [0.25, 0.3) is 0 Å². The van der Waals surface area contributed by atoms with Crippen LogP contribution in [0.2, 0.25) is 0 Å². The largest absolute Gasteiger partial charge is 0.352 e. The van der Waals surface area contributed by atoms with E-state index in [1.807, 2.05) is 6.08 Å². The van der Waals surface area contributed by atoms with E-state index in [0.717, 1.165) is 24.2 Å². The molecule has 4 aliphatic carbocycles. The summed E-state index contributed by atoms with van der Waals surface area (Å²) in [6, 6.07) is 0.207. The topological polar surface area (TPSA) is 29.1 Å². The fraction of sp³-hybridized carbons (Fsp3) is 0.786. The van der Waals surface area contributed by atoms with Crippen LogP contribution in [0.5, 0.6) is 0 Å². The third-order valence-electron chi connectivity index (χ3n) is 5.23. The molecule has 0 saturated heterocycles. The maximum Gasteiger partial charge on any atom is 0.207 e. The zero-order valence-electron chi connectivity index (χ0n) is 9.82. The number of hydrogen-bond donors (Lipinski definition) is 1. The van der Waals surface area contributed by atoms with Gasteiger partial charge in [0, 0.05) is 0 Å². The third-order valence-corrected chi connectivity index (χ3v) is 5.23. The van der Waals surface area contributed by atoms with Gasteiger partial charge < -0.3 is 5.32 Å². The lowest BCUT2D eigenvalue weighted by Crippen LogP contribution is -2.55. The van der Waals surface area contributed by atoms with Gasteiger partial charge in [-0.3, -0.25) is 4.79 Å². The molecule has 4 bridgehead atoms. The Morgan fingerprint density at radius 3 is 2.00 bits per heavy atom. The first-order valence-corrected chi connectivity index (χ1v) is 6.58. The van der Waals surface area contributed by atoms with Crippen molar-refractivity contribution in [3.8, 4) is 0 Å². The highest BCUT2D eigenvalue weighted by Crippen LogP contribution is 2.61. The van der Waals surface area contributed by atoms with Crippen LogP contribution in [-0.4, -0.2) is 12.5 Å². The molecule has 1 amide bonds. The molecule has 0 heterocycles. The van der Waals surface area contributed by atoms with Crippen molar-refractivity contribution < 1.29 is 4.79 Å². The molecule has 1 unspecified atom stereocenters. The number of carbonyl (C=O) groups is 1. The zero-order chi connectivity index (χ0) is 11.2. The first-order chi connectivity index (χ1) is 7.75. The van der Waals surface area contributed by atoms with E-state index in [9.17, 15) is 4.79 Å². The lowest BCUT2D eigenvalue weighted by molar-refractivity contribution is -0.113. The summed E-state index contributed by atoms with van der Waals surface area (Å²) in [5, 5.41) is 2.99. The molecule has 4 rings (SSSR count). The van der Waals surface area contributed by atoms with Gasteiger partial charge >= 0.3 is 0 Å². The van der Waals surface area contributed by atoms with Crippen molar-refractivity contribution in [1.29, 1.82) is 0 Å². The van der Waals surface area contributed by atoms with Gasteiger partial charge in [0.15, 0.2) is 0 Å². The molecule has 1 N–H and O–H groups in total. The van der Waals surface area contributed by atoms with Crippen LogP contribution in [0.1, 0.15) is 38.5 Å². The molecule has 0 aromatic rings. The smallest absolute Gasteiger partial charge is 0.207 e. The fourth-order valence-electron chi connectivity index (χ4n) is 5.13. The number of hydrogen-bond acceptors (Lipinski definition) is 1. The molecule has 1 atom stereocenters. The molecule has 0 radical (unpaired) electrons. The molecular weight excluding hydrogens is 198 g/mol. The molecule has 2 nitrogen and oxygen atoms in total. The Morgan fingerprint density at radius 2 is 1.62 bits per heavy atom. The van der Waals surface area contributed by atoms with Crippen LogP contribution in [0.25, 0.3) is 0 Å². The summed E-state index contributed by atoms with van der Waals surface area (Å²) in [4.78, 5) is 10.7. The van der Waals surface area contributed by atoms with Crippen molar-refractivity contribution in [3.05, 3.63) is 12.7 Å². The van der Waals surface area contributed by atoms with Crippen molar-refractivity contribution in [1.82, 2.24) is 5.32 Å². The Labute approximate surface area is 97.5 Å². The molecule has 0 aromatic heterocycles. The summed E-state index contributed by atoms with van der Waals surface area (Å²) in [7, 11) is 0. The van der Waals surface area contributed by atoms with Crippen molar-refractivity contribution in [2.75, 3.05) is 0 Å². The normalized spacial score (nSPS) is 46.4. The average molecular weight is 219 g/mol. The molecular formula is C14H21NO. The summed E-state index contributed by atoms with van der Waals surface area (Å²) in [5.41, 5.74) is 0.359. The average Bonchev–Trinajstić information content (AvgIpc) is 2.23. The second-order valence-electron chi connectivity index (χ2n) is 6.28.